The first-order valence-corrected chi connectivity index (χ1v) is 13.8. The van der Waals surface area contributed by atoms with Crippen LogP contribution >= 0.6 is 22.9 Å². The summed E-state index contributed by atoms with van der Waals surface area (Å²) in [7, 11) is -4.27. The quantitative estimate of drug-likeness (QED) is 0.323. The number of thiazole rings is 1. The summed E-state index contributed by atoms with van der Waals surface area (Å²) in [6.07, 6.45) is -4.17. The minimum Gasteiger partial charge on any atom is -0.489 e. The van der Waals surface area contributed by atoms with Crippen LogP contribution in [0.15, 0.2) is 46.1 Å². The van der Waals surface area contributed by atoms with Crippen molar-refractivity contribution < 1.29 is 35.1 Å². The summed E-state index contributed by atoms with van der Waals surface area (Å²) in [5.41, 5.74) is 0.445. The fraction of sp³-hybridized carbons (Fsp3) is 0.348. The van der Waals surface area contributed by atoms with Crippen molar-refractivity contribution >= 4 is 38.8 Å². The molecule has 1 aliphatic rings. The molecule has 37 heavy (non-hydrogen) atoms. The van der Waals surface area contributed by atoms with Crippen LogP contribution in [0.1, 0.15) is 36.9 Å². The zero-order valence-electron chi connectivity index (χ0n) is 19.2. The lowest BCUT2D eigenvalue weighted by Gasteiger charge is -2.36. The SMILES string of the molecule is C[C@H](c1cc(C(F)(F)F)ccc1F)N1CCC(Oc2cc(F)c(S(=O)(=O)Nc3cscn3)cc2Cl)CC1. The van der Waals surface area contributed by atoms with Crippen molar-refractivity contribution in [1.29, 1.82) is 0 Å². The molecule has 0 spiro atoms. The zero-order chi connectivity index (χ0) is 27.0. The molecule has 0 bridgehead atoms. The van der Waals surface area contributed by atoms with E-state index in [0.29, 0.717) is 32.0 Å². The van der Waals surface area contributed by atoms with Gasteiger partial charge >= 0.3 is 6.18 Å². The highest BCUT2D eigenvalue weighted by Gasteiger charge is 2.33. The first-order chi connectivity index (χ1) is 17.3. The van der Waals surface area contributed by atoms with E-state index in [1.807, 2.05) is 4.90 Å². The molecule has 0 amide bonds. The number of nitrogens with one attached hydrogen (secondary N) is 1. The van der Waals surface area contributed by atoms with Gasteiger partial charge in [0.25, 0.3) is 10.0 Å². The van der Waals surface area contributed by atoms with Crippen molar-refractivity contribution in [3.05, 3.63) is 69.0 Å². The number of sulfonamides is 1. The molecule has 1 atom stereocenters. The maximum atomic E-state index is 14.7. The molecule has 200 valence electrons. The molecule has 4 rings (SSSR count). The van der Waals surface area contributed by atoms with Crippen LogP contribution in [-0.2, 0) is 16.2 Å². The normalized spacial score (nSPS) is 16.5. The Bertz CT molecular complexity index is 1360. The lowest BCUT2D eigenvalue weighted by Crippen LogP contribution is -2.40. The van der Waals surface area contributed by atoms with E-state index in [2.05, 4.69) is 9.71 Å². The van der Waals surface area contributed by atoms with E-state index in [-0.39, 0.29) is 22.2 Å². The Balaban J connectivity index is 1.41. The molecule has 1 fully saturated rings. The fourth-order valence-electron chi connectivity index (χ4n) is 4.06. The van der Waals surface area contributed by atoms with Gasteiger partial charge in [0.1, 0.15) is 28.4 Å². The Labute approximate surface area is 219 Å². The van der Waals surface area contributed by atoms with Crippen molar-refractivity contribution in [2.75, 3.05) is 17.8 Å². The molecular weight excluding hydrogens is 561 g/mol. The minimum absolute atomic E-state index is 0.0396. The standard InChI is InChI=1S/C23H21ClF5N3O3S2/c1-13(16-8-14(23(27,28)29)2-3-18(16)25)32-6-4-15(5-7-32)35-20-10-19(26)21(9-17(20)24)37(33,34)31-22-11-36-12-30-22/h2-3,8-13,15,31H,4-7H2,1H3/t13-/m1/s1. The number of benzene rings is 2. The van der Waals surface area contributed by atoms with Crippen LogP contribution in [0, 0.1) is 11.6 Å². The summed E-state index contributed by atoms with van der Waals surface area (Å²) < 4.78 is 101. The predicted octanol–water partition coefficient (Wildman–Crippen LogP) is 6.50. The van der Waals surface area contributed by atoms with E-state index in [4.69, 9.17) is 16.3 Å². The first-order valence-electron chi connectivity index (χ1n) is 11.0. The highest BCUT2D eigenvalue weighted by Crippen LogP contribution is 2.36. The lowest BCUT2D eigenvalue weighted by molar-refractivity contribution is -0.137. The third-order valence-electron chi connectivity index (χ3n) is 6.04. The summed E-state index contributed by atoms with van der Waals surface area (Å²) in [6, 6.07) is 3.58. The van der Waals surface area contributed by atoms with Gasteiger partial charge in [-0.1, -0.05) is 11.6 Å². The van der Waals surface area contributed by atoms with Gasteiger partial charge in [0.15, 0.2) is 5.82 Å². The van der Waals surface area contributed by atoms with Crippen molar-refractivity contribution in [3.8, 4) is 5.75 Å². The Kier molecular flexibility index (Phi) is 7.98. The van der Waals surface area contributed by atoms with Crippen LogP contribution in [0.2, 0.25) is 5.02 Å². The summed E-state index contributed by atoms with van der Waals surface area (Å²) in [5.74, 6) is -1.78. The van der Waals surface area contributed by atoms with E-state index < -0.39 is 50.4 Å². The number of hydrogen-bond acceptors (Lipinski definition) is 6. The molecule has 1 aromatic heterocycles. The van der Waals surface area contributed by atoms with E-state index in [1.54, 1.807) is 6.92 Å². The number of rotatable bonds is 7. The Morgan fingerprint density at radius 2 is 1.86 bits per heavy atom. The molecule has 0 aliphatic carbocycles. The second-order valence-corrected chi connectivity index (χ2v) is 11.2. The van der Waals surface area contributed by atoms with Gasteiger partial charge in [-0.3, -0.25) is 9.62 Å². The number of nitrogens with zero attached hydrogens (tertiary/aromatic N) is 2. The molecule has 0 saturated carbocycles. The van der Waals surface area contributed by atoms with Gasteiger partial charge in [0.05, 0.1) is 16.1 Å². The maximum Gasteiger partial charge on any atom is 0.416 e. The van der Waals surface area contributed by atoms with Crippen LogP contribution in [0.25, 0.3) is 0 Å². The Morgan fingerprint density at radius 3 is 2.49 bits per heavy atom. The summed E-state index contributed by atoms with van der Waals surface area (Å²) in [6.45, 7) is 2.39. The zero-order valence-corrected chi connectivity index (χ0v) is 21.6. The number of piperidine rings is 1. The number of aromatic nitrogens is 1. The monoisotopic (exact) mass is 581 g/mol. The summed E-state index contributed by atoms with van der Waals surface area (Å²) in [4.78, 5) is 4.98. The molecule has 2 aromatic carbocycles. The number of ether oxygens (including phenoxy) is 1. The number of alkyl halides is 3. The second kappa shape index (κ2) is 10.7. The number of anilines is 1. The molecule has 1 saturated heterocycles. The molecule has 2 heterocycles. The van der Waals surface area contributed by atoms with Gasteiger partial charge in [-0.15, -0.1) is 11.3 Å². The lowest BCUT2D eigenvalue weighted by atomic mass is 9.99. The molecule has 0 unspecified atom stereocenters. The van der Waals surface area contributed by atoms with Crippen LogP contribution in [-0.4, -0.2) is 37.5 Å². The topological polar surface area (TPSA) is 71.5 Å². The van der Waals surface area contributed by atoms with Crippen molar-refractivity contribution in [2.24, 2.45) is 0 Å². The highest BCUT2D eigenvalue weighted by molar-refractivity contribution is 7.92. The van der Waals surface area contributed by atoms with E-state index in [9.17, 15) is 30.4 Å². The van der Waals surface area contributed by atoms with Crippen LogP contribution in [0.4, 0.5) is 27.8 Å². The van der Waals surface area contributed by atoms with Gasteiger partial charge in [-0.25, -0.2) is 22.2 Å². The van der Waals surface area contributed by atoms with Crippen LogP contribution < -0.4 is 9.46 Å². The molecule has 14 heteroatoms. The van der Waals surface area contributed by atoms with Gasteiger partial charge in [0.2, 0.25) is 0 Å². The average Bonchev–Trinajstić information content (AvgIpc) is 3.33. The van der Waals surface area contributed by atoms with Gasteiger partial charge in [0, 0.05) is 36.1 Å². The summed E-state index contributed by atoms with van der Waals surface area (Å²) >= 11 is 7.36. The van der Waals surface area contributed by atoms with E-state index in [0.717, 1.165) is 35.6 Å². The fourth-order valence-corrected chi connectivity index (χ4v) is 5.98. The largest absolute Gasteiger partial charge is 0.489 e. The van der Waals surface area contributed by atoms with Gasteiger partial charge in [-0.2, -0.15) is 13.2 Å². The van der Waals surface area contributed by atoms with E-state index >= 15 is 0 Å². The third kappa shape index (κ3) is 6.33. The predicted molar refractivity (Wildman–Crippen MR) is 129 cm³/mol. The van der Waals surface area contributed by atoms with Gasteiger partial charge < -0.3 is 4.74 Å². The van der Waals surface area contributed by atoms with Gasteiger partial charge in [-0.05, 0) is 44.0 Å². The van der Waals surface area contributed by atoms with Crippen molar-refractivity contribution in [3.63, 3.8) is 0 Å². The third-order valence-corrected chi connectivity index (χ3v) is 8.29. The number of halogens is 6. The van der Waals surface area contributed by atoms with Crippen LogP contribution in [0.5, 0.6) is 5.75 Å². The van der Waals surface area contributed by atoms with Crippen molar-refractivity contribution in [2.45, 2.75) is 43.0 Å². The van der Waals surface area contributed by atoms with Crippen LogP contribution in [0.3, 0.4) is 0 Å². The average molecular weight is 582 g/mol. The maximum absolute atomic E-state index is 14.7. The Hall–Kier alpha value is -2.48. The second-order valence-electron chi connectivity index (χ2n) is 8.46. The molecule has 6 nitrogen and oxygen atoms in total. The molecular formula is C23H21ClF5N3O3S2. The summed E-state index contributed by atoms with van der Waals surface area (Å²) in [5, 5.41) is 1.34. The smallest absolute Gasteiger partial charge is 0.416 e. The molecule has 1 N–H and O–H groups in total. The number of hydrogen-bond donors (Lipinski definition) is 1. The molecule has 0 radical (unpaired) electrons. The first kappa shape index (κ1) is 27.6. The highest BCUT2D eigenvalue weighted by atomic mass is 35.5. The molecule has 1 aliphatic heterocycles. The van der Waals surface area contributed by atoms with Crippen molar-refractivity contribution in [1.82, 2.24) is 9.88 Å². The Morgan fingerprint density at radius 1 is 1.16 bits per heavy atom. The van der Waals surface area contributed by atoms with E-state index in [1.165, 1.54) is 10.9 Å². The molecule has 3 aromatic rings. The number of likely N-dealkylation sites (tertiary alicyclic amines) is 1. The minimum atomic E-state index is -4.58.